The minimum Gasteiger partial charge on any atom is -0.489 e. The number of hydrogen-bond acceptors (Lipinski definition) is 4. The monoisotopic (exact) mass is 526 g/mol. The van der Waals surface area contributed by atoms with Gasteiger partial charge in [-0.15, -0.1) is 24.0 Å². The fourth-order valence-corrected chi connectivity index (χ4v) is 3.31. The zero-order valence-electron chi connectivity index (χ0n) is 18.7. The first-order valence-corrected chi connectivity index (χ1v) is 10.7. The van der Waals surface area contributed by atoms with Gasteiger partial charge in [0.1, 0.15) is 17.7 Å². The maximum Gasteiger partial charge on any atom is 0.191 e. The summed E-state index contributed by atoms with van der Waals surface area (Å²) in [4.78, 5) is 9.40. The lowest BCUT2D eigenvalue weighted by Gasteiger charge is -2.25. The average molecular weight is 526 g/mol. The number of hydrogen-bond donors (Lipinski definition) is 2. The Balaban J connectivity index is 0.00000320. The van der Waals surface area contributed by atoms with E-state index in [4.69, 9.17) is 9.73 Å². The molecule has 166 valence electrons. The van der Waals surface area contributed by atoms with E-state index in [1.54, 1.807) is 0 Å². The molecule has 1 aliphatic rings. The molecule has 0 saturated carbocycles. The van der Waals surface area contributed by atoms with Crippen LogP contribution < -0.4 is 15.4 Å². The van der Waals surface area contributed by atoms with Crippen LogP contribution in [-0.2, 0) is 13.0 Å². The molecule has 7 nitrogen and oxygen atoms in total. The molecular weight excluding hydrogens is 491 g/mol. The molecule has 0 saturated heterocycles. The predicted molar refractivity (Wildman–Crippen MR) is 132 cm³/mol. The van der Waals surface area contributed by atoms with Crippen LogP contribution in [0, 0.1) is 6.92 Å². The molecule has 2 atom stereocenters. The molecule has 0 fully saturated rings. The number of halogens is 1. The summed E-state index contributed by atoms with van der Waals surface area (Å²) in [7, 11) is 0. The van der Waals surface area contributed by atoms with Gasteiger partial charge in [-0.25, -0.2) is 14.7 Å². The molecule has 0 radical (unpaired) electrons. The van der Waals surface area contributed by atoms with Gasteiger partial charge in [0.25, 0.3) is 0 Å². The van der Waals surface area contributed by atoms with Crippen LogP contribution in [0.1, 0.15) is 57.2 Å². The largest absolute Gasteiger partial charge is 0.489 e. The van der Waals surface area contributed by atoms with E-state index in [1.165, 1.54) is 5.56 Å². The van der Waals surface area contributed by atoms with E-state index in [1.807, 2.05) is 23.7 Å². The number of nitrogens with zero attached hydrogens (tertiary/aromatic N) is 4. The van der Waals surface area contributed by atoms with E-state index in [0.717, 1.165) is 49.3 Å². The Hall–Kier alpha value is -1.84. The van der Waals surface area contributed by atoms with Crippen molar-refractivity contribution in [1.29, 1.82) is 0 Å². The summed E-state index contributed by atoms with van der Waals surface area (Å²) in [6.45, 7) is 12.7. The number of fused-ring (bicyclic) bond motifs is 1. The van der Waals surface area contributed by atoms with Crippen LogP contribution in [0.15, 0.2) is 29.3 Å². The van der Waals surface area contributed by atoms with Crippen molar-refractivity contribution in [3.63, 3.8) is 0 Å². The van der Waals surface area contributed by atoms with Crippen molar-refractivity contribution in [2.75, 3.05) is 13.1 Å². The lowest BCUT2D eigenvalue weighted by atomic mass is 10.1. The Kier molecular flexibility index (Phi) is 9.38. The highest BCUT2D eigenvalue weighted by molar-refractivity contribution is 14.0. The minimum absolute atomic E-state index is 0. The summed E-state index contributed by atoms with van der Waals surface area (Å²) in [5, 5.41) is 11.6. The Bertz CT molecular complexity index is 818. The topological polar surface area (TPSA) is 76.4 Å². The van der Waals surface area contributed by atoms with Crippen molar-refractivity contribution in [1.82, 2.24) is 25.4 Å². The number of guanidine groups is 1. The predicted octanol–water partition coefficient (Wildman–Crippen LogP) is 3.67. The third-order valence-electron chi connectivity index (χ3n) is 4.94. The molecule has 3 rings (SSSR count). The first-order chi connectivity index (χ1) is 13.9. The molecule has 2 unspecified atom stereocenters. The highest BCUT2D eigenvalue weighted by Crippen LogP contribution is 2.17. The second-order valence-electron chi connectivity index (χ2n) is 8.06. The molecule has 2 heterocycles. The van der Waals surface area contributed by atoms with Crippen molar-refractivity contribution in [2.24, 2.45) is 4.99 Å². The van der Waals surface area contributed by atoms with Gasteiger partial charge in [-0.1, -0.05) is 31.5 Å². The first-order valence-electron chi connectivity index (χ1n) is 10.7. The average Bonchev–Trinajstić information content (AvgIpc) is 3.12. The SMILES string of the molecule is CCNC(=NCC(C)Oc1ccc(C)cc1)NC1CCc2nc(C(C)C)nn2C1.I. The van der Waals surface area contributed by atoms with Crippen LogP contribution in [0.25, 0.3) is 0 Å². The van der Waals surface area contributed by atoms with Crippen LogP contribution in [0.2, 0.25) is 0 Å². The van der Waals surface area contributed by atoms with Gasteiger partial charge < -0.3 is 15.4 Å². The molecule has 2 aromatic rings. The van der Waals surface area contributed by atoms with Gasteiger partial charge in [0.2, 0.25) is 0 Å². The fourth-order valence-electron chi connectivity index (χ4n) is 3.31. The fraction of sp³-hybridized carbons (Fsp3) is 0.591. The number of ether oxygens (including phenoxy) is 1. The molecule has 0 amide bonds. The highest BCUT2D eigenvalue weighted by atomic mass is 127. The summed E-state index contributed by atoms with van der Waals surface area (Å²) in [6, 6.07) is 8.41. The standard InChI is InChI=1S/C22H34N6O.HI/c1-6-23-22(24-13-17(5)29-19-10-7-16(4)8-11-19)25-18-9-12-20-26-21(15(2)3)27-28(20)14-18;/h7-8,10-11,15,17-18H,6,9,12-14H2,1-5H3,(H2,23,24,25);1H. The van der Waals surface area contributed by atoms with Gasteiger partial charge in [0.15, 0.2) is 11.8 Å². The second-order valence-corrected chi connectivity index (χ2v) is 8.06. The van der Waals surface area contributed by atoms with Crippen LogP contribution in [0.4, 0.5) is 0 Å². The van der Waals surface area contributed by atoms with Crippen molar-refractivity contribution in [2.45, 2.75) is 72.1 Å². The van der Waals surface area contributed by atoms with E-state index in [2.05, 4.69) is 60.5 Å². The van der Waals surface area contributed by atoms with Gasteiger partial charge in [-0.3, -0.25) is 0 Å². The summed E-state index contributed by atoms with van der Waals surface area (Å²) in [5.41, 5.74) is 1.23. The van der Waals surface area contributed by atoms with Crippen LogP contribution in [-0.4, -0.2) is 46.0 Å². The molecule has 1 aromatic carbocycles. The molecule has 0 spiro atoms. The van der Waals surface area contributed by atoms with Crippen molar-refractivity contribution in [3.8, 4) is 5.75 Å². The molecular formula is C22H35IN6O. The van der Waals surface area contributed by atoms with E-state index in [9.17, 15) is 0 Å². The molecule has 2 N–H and O–H groups in total. The van der Waals surface area contributed by atoms with E-state index < -0.39 is 0 Å². The third-order valence-corrected chi connectivity index (χ3v) is 4.94. The van der Waals surface area contributed by atoms with E-state index >= 15 is 0 Å². The second kappa shape index (κ2) is 11.5. The van der Waals surface area contributed by atoms with Crippen molar-refractivity contribution >= 4 is 29.9 Å². The van der Waals surface area contributed by atoms with Crippen molar-refractivity contribution in [3.05, 3.63) is 41.5 Å². The quantitative estimate of drug-likeness (QED) is 0.327. The number of aromatic nitrogens is 3. The Morgan fingerprint density at radius 1 is 1.27 bits per heavy atom. The Morgan fingerprint density at radius 2 is 2.00 bits per heavy atom. The maximum atomic E-state index is 5.97. The zero-order valence-corrected chi connectivity index (χ0v) is 21.0. The summed E-state index contributed by atoms with van der Waals surface area (Å²) < 4.78 is 8.02. The van der Waals surface area contributed by atoms with Gasteiger partial charge >= 0.3 is 0 Å². The Morgan fingerprint density at radius 3 is 2.67 bits per heavy atom. The third kappa shape index (κ3) is 6.85. The highest BCUT2D eigenvalue weighted by Gasteiger charge is 2.23. The minimum atomic E-state index is -0.00460. The smallest absolute Gasteiger partial charge is 0.191 e. The number of aliphatic imine (C=N–C) groups is 1. The van der Waals surface area contributed by atoms with Crippen molar-refractivity contribution < 1.29 is 4.74 Å². The molecule has 1 aromatic heterocycles. The van der Waals surface area contributed by atoms with Gasteiger partial charge in [-0.05, 0) is 39.3 Å². The van der Waals surface area contributed by atoms with Crippen LogP contribution in [0.5, 0.6) is 5.75 Å². The lowest BCUT2D eigenvalue weighted by molar-refractivity contribution is 0.230. The summed E-state index contributed by atoms with van der Waals surface area (Å²) >= 11 is 0. The molecule has 30 heavy (non-hydrogen) atoms. The number of nitrogens with one attached hydrogen (secondary N) is 2. The maximum absolute atomic E-state index is 5.97. The zero-order chi connectivity index (χ0) is 20.8. The van der Waals surface area contributed by atoms with E-state index in [0.29, 0.717) is 12.5 Å². The van der Waals surface area contributed by atoms with Crippen LogP contribution >= 0.6 is 24.0 Å². The van der Waals surface area contributed by atoms with E-state index in [-0.39, 0.29) is 36.1 Å². The van der Waals surface area contributed by atoms with Crippen LogP contribution in [0.3, 0.4) is 0 Å². The van der Waals surface area contributed by atoms with Gasteiger partial charge in [0, 0.05) is 24.9 Å². The summed E-state index contributed by atoms with van der Waals surface area (Å²) in [5.74, 6) is 4.08. The Labute approximate surface area is 197 Å². The molecule has 0 bridgehead atoms. The lowest BCUT2D eigenvalue weighted by Crippen LogP contribution is -2.47. The molecule has 0 aliphatic carbocycles. The molecule has 1 aliphatic heterocycles. The number of aryl methyl sites for hydroxylation is 2. The summed E-state index contributed by atoms with van der Waals surface area (Å²) in [6.07, 6.45) is 1.95. The number of benzene rings is 1. The normalized spacial score (nSPS) is 17.1. The first kappa shape index (κ1) is 24.4. The van der Waals surface area contributed by atoms with Gasteiger partial charge in [0.05, 0.1) is 13.1 Å². The number of rotatable bonds is 7. The molecule has 8 heteroatoms. The van der Waals surface area contributed by atoms with Gasteiger partial charge in [-0.2, -0.15) is 5.10 Å².